The SMILES string of the molecule is Cn1ccc2c(C(=O)OCCCNC(N)=O)cccc21. The third kappa shape index (κ3) is 3.09. The van der Waals surface area contributed by atoms with Crippen LogP contribution in [-0.4, -0.2) is 29.7 Å². The summed E-state index contributed by atoms with van der Waals surface area (Å²) in [7, 11) is 1.92. The van der Waals surface area contributed by atoms with E-state index in [-0.39, 0.29) is 12.6 Å². The van der Waals surface area contributed by atoms with E-state index in [1.54, 1.807) is 6.07 Å². The molecule has 2 aromatic rings. The second-order valence-electron chi connectivity index (χ2n) is 4.45. The zero-order valence-electron chi connectivity index (χ0n) is 11.3. The number of amides is 2. The van der Waals surface area contributed by atoms with Gasteiger partial charge in [0.1, 0.15) is 0 Å². The molecule has 0 saturated carbocycles. The number of carbonyl (C=O) groups is 2. The predicted molar refractivity (Wildman–Crippen MR) is 75.4 cm³/mol. The molecular formula is C14H17N3O3. The van der Waals surface area contributed by atoms with E-state index in [4.69, 9.17) is 10.5 Å². The van der Waals surface area contributed by atoms with Crippen LogP contribution in [0.5, 0.6) is 0 Å². The first-order valence-electron chi connectivity index (χ1n) is 6.34. The molecule has 0 atom stereocenters. The number of aromatic nitrogens is 1. The van der Waals surface area contributed by atoms with Crippen LogP contribution in [0.2, 0.25) is 0 Å². The van der Waals surface area contributed by atoms with E-state index in [2.05, 4.69) is 5.32 Å². The summed E-state index contributed by atoms with van der Waals surface area (Å²) >= 11 is 0. The molecule has 0 radical (unpaired) electrons. The van der Waals surface area contributed by atoms with Gasteiger partial charge in [0.2, 0.25) is 0 Å². The fraction of sp³-hybridized carbons (Fsp3) is 0.286. The number of nitrogens with one attached hydrogen (secondary N) is 1. The average Bonchev–Trinajstić information content (AvgIpc) is 2.80. The Hall–Kier alpha value is -2.50. The lowest BCUT2D eigenvalue weighted by Crippen LogP contribution is -2.30. The molecule has 0 bridgehead atoms. The minimum atomic E-state index is -0.578. The lowest BCUT2D eigenvalue weighted by Gasteiger charge is -2.06. The Bertz CT molecular complexity index is 634. The van der Waals surface area contributed by atoms with Gasteiger partial charge < -0.3 is 20.4 Å². The Labute approximate surface area is 116 Å². The molecule has 0 spiro atoms. The zero-order chi connectivity index (χ0) is 14.5. The standard InChI is InChI=1S/C14H17N3O3/c1-17-8-6-10-11(4-2-5-12(10)17)13(18)20-9-3-7-16-14(15)19/h2,4-6,8H,3,7,9H2,1H3,(H3,15,16,19). The molecule has 0 aliphatic rings. The van der Waals surface area contributed by atoms with E-state index >= 15 is 0 Å². The Balaban J connectivity index is 1.96. The molecule has 20 heavy (non-hydrogen) atoms. The number of fused-ring (bicyclic) bond motifs is 1. The number of nitrogens with zero attached hydrogens (tertiary/aromatic N) is 1. The van der Waals surface area contributed by atoms with Crippen LogP contribution in [0, 0.1) is 0 Å². The Kier molecular flexibility index (Phi) is 4.24. The highest BCUT2D eigenvalue weighted by Crippen LogP contribution is 2.20. The number of esters is 1. The van der Waals surface area contributed by atoms with Crippen LogP contribution in [-0.2, 0) is 11.8 Å². The van der Waals surface area contributed by atoms with E-state index in [9.17, 15) is 9.59 Å². The lowest BCUT2D eigenvalue weighted by atomic mass is 10.1. The average molecular weight is 275 g/mol. The summed E-state index contributed by atoms with van der Waals surface area (Å²) in [5.41, 5.74) is 6.46. The molecule has 6 heteroatoms. The Morgan fingerprint density at radius 1 is 1.35 bits per heavy atom. The summed E-state index contributed by atoms with van der Waals surface area (Å²) in [5, 5.41) is 3.31. The molecule has 0 fully saturated rings. The molecule has 2 amide bonds. The van der Waals surface area contributed by atoms with E-state index in [0.717, 1.165) is 10.9 Å². The van der Waals surface area contributed by atoms with Crippen molar-refractivity contribution in [2.45, 2.75) is 6.42 Å². The van der Waals surface area contributed by atoms with Gasteiger partial charge in [-0.05, 0) is 24.6 Å². The highest BCUT2D eigenvalue weighted by atomic mass is 16.5. The second-order valence-corrected chi connectivity index (χ2v) is 4.45. The molecule has 0 saturated heterocycles. The van der Waals surface area contributed by atoms with Crippen molar-refractivity contribution in [3.8, 4) is 0 Å². The maximum absolute atomic E-state index is 12.0. The molecule has 0 aliphatic carbocycles. The van der Waals surface area contributed by atoms with Crippen molar-refractivity contribution in [1.82, 2.24) is 9.88 Å². The minimum Gasteiger partial charge on any atom is -0.462 e. The first-order valence-corrected chi connectivity index (χ1v) is 6.34. The monoisotopic (exact) mass is 275 g/mol. The molecule has 2 rings (SSSR count). The van der Waals surface area contributed by atoms with Gasteiger partial charge in [0.15, 0.2) is 0 Å². The number of urea groups is 1. The number of aryl methyl sites for hydroxylation is 1. The van der Waals surface area contributed by atoms with Gasteiger partial charge in [-0.3, -0.25) is 0 Å². The largest absolute Gasteiger partial charge is 0.462 e. The quantitative estimate of drug-likeness (QED) is 0.638. The molecule has 1 heterocycles. The van der Waals surface area contributed by atoms with Crippen LogP contribution in [0.15, 0.2) is 30.5 Å². The summed E-state index contributed by atoms with van der Waals surface area (Å²) in [6.07, 6.45) is 2.43. The summed E-state index contributed by atoms with van der Waals surface area (Å²) < 4.78 is 7.13. The van der Waals surface area contributed by atoms with Crippen LogP contribution in [0.25, 0.3) is 10.9 Å². The maximum atomic E-state index is 12.0. The number of hydrogen-bond acceptors (Lipinski definition) is 3. The van der Waals surface area contributed by atoms with Gasteiger partial charge in [-0.25, -0.2) is 9.59 Å². The molecule has 6 nitrogen and oxygen atoms in total. The Morgan fingerprint density at radius 2 is 2.15 bits per heavy atom. The number of ether oxygens (including phenoxy) is 1. The molecule has 3 N–H and O–H groups in total. The van der Waals surface area contributed by atoms with Crippen LogP contribution < -0.4 is 11.1 Å². The minimum absolute atomic E-state index is 0.238. The number of hydrogen-bond donors (Lipinski definition) is 2. The topological polar surface area (TPSA) is 86.3 Å². The molecule has 0 aliphatic heterocycles. The van der Waals surface area contributed by atoms with Crippen molar-refractivity contribution in [3.05, 3.63) is 36.0 Å². The molecule has 1 aromatic heterocycles. The van der Waals surface area contributed by atoms with Gasteiger partial charge in [-0.1, -0.05) is 6.07 Å². The fourth-order valence-electron chi connectivity index (χ4n) is 2.01. The highest BCUT2D eigenvalue weighted by molar-refractivity contribution is 6.03. The zero-order valence-corrected chi connectivity index (χ0v) is 11.3. The number of primary amides is 1. The first kappa shape index (κ1) is 13.9. The first-order chi connectivity index (χ1) is 9.59. The van der Waals surface area contributed by atoms with E-state index in [1.807, 2.05) is 36.0 Å². The van der Waals surface area contributed by atoms with E-state index in [1.165, 1.54) is 0 Å². The number of carbonyl (C=O) groups excluding carboxylic acids is 2. The third-order valence-electron chi connectivity index (χ3n) is 3.00. The normalized spacial score (nSPS) is 10.4. The predicted octanol–water partition coefficient (Wildman–Crippen LogP) is 1.39. The van der Waals surface area contributed by atoms with E-state index in [0.29, 0.717) is 18.5 Å². The lowest BCUT2D eigenvalue weighted by molar-refractivity contribution is 0.0504. The van der Waals surface area contributed by atoms with Crippen LogP contribution in [0.4, 0.5) is 4.79 Å². The van der Waals surface area contributed by atoms with Crippen LogP contribution >= 0.6 is 0 Å². The van der Waals surface area contributed by atoms with Crippen LogP contribution in [0.3, 0.4) is 0 Å². The fourth-order valence-corrected chi connectivity index (χ4v) is 2.01. The van der Waals surface area contributed by atoms with Crippen molar-refractivity contribution < 1.29 is 14.3 Å². The summed E-state index contributed by atoms with van der Waals surface area (Å²) in [5.74, 6) is -0.360. The smallest absolute Gasteiger partial charge is 0.338 e. The van der Waals surface area contributed by atoms with Crippen molar-refractivity contribution in [2.24, 2.45) is 12.8 Å². The van der Waals surface area contributed by atoms with Crippen molar-refractivity contribution in [1.29, 1.82) is 0 Å². The third-order valence-corrected chi connectivity index (χ3v) is 3.00. The van der Waals surface area contributed by atoms with Gasteiger partial charge in [0.05, 0.1) is 12.2 Å². The van der Waals surface area contributed by atoms with Crippen LogP contribution in [0.1, 0.15) is 16.8 Å². The number of benzene rings is 1. The summed E-state index contributed by atoms with van der Waals surface area (Å²) in [6, 6.07) is 6.83. The highest BCUT2D eigenvalue weighted by Gasteiger charge is 2.12. The molecule has 1 aromatic carbocycles. The van der Waals surface area contributed by atoms with Gasteiger partial charge in [0.25, 0.3) is 0 Å². The maximum Gasteiger partial charge on any atom is 0.338 e. The summed E-state index contributed by atoms with van der Waals surface area (Å²) in [4.78, 5) is 22.5. The molecule has 0 unspecified atom stereocenters. The van der Waals surface area contributed by atoms with Crippen molar-refractivity contribution in [3.63, 3.8) is 0 Å². The molecule has 106 valence electrons. The van der Waals surface area contributed by atoms with Gasteiger partial charge in [0, 0.05) is 30.7 Å². The van der Waals surface area contributed by atoms with Gasteiger partial charge in [-0.15, -0.1) is 0 Å². The molecular weight excluding hydrogens is 258 g/mol. The number of rotatable bonds is 5. The summed E-state index contributed by atoms with van der Waals surface area (Å²) in [6.45, 7) is 0.625. The van der Waals surface area contributed by atoms with Gasteiger partial charge >= 0.3 is 12.0 Å². The number of nitrogens with two attached hydrogens (primary N) is 1. The van der Waals surface area contributed by atoms with Crippen molar-refractivity contribution in [2.75, 3.05) is 13.2 Å². The van der Waals surface area contributed by atoms with Gasteiger partial charge in [-0.2, -0.15) is 0 Å². The Morgan fingerprint density at radius 3 is 2.90 bits per heavy atom. The second kappa shape index (κ2) is 6.10. The van der Waals surface area contributed by atoms with E-state index < -0.39 is 6.03 Å². The van der Waals surface area contributed by atoms with Crippen molar-refractivity contribution >= 4 is 22.9 Å².